The second kappa shape index (κ2) is 7.87. The maximum Gasteiger partial charge on any atom is 0.158 e. The number of para-hydroxylation sites is 1. The number of nitrogens with one attached hydrogen (secondary N) is 1. The summed E-state index contributed by atoms with van der Waals surface area (Å²) in [5.74, 6) is 1.03. The first-order chi connectivity index (χ1) is 14.3. The number of H-pyrrole nitrogens is 1. The number of anilines is 3. The smallest absolute Gasteiger partial charge is 0.158 e. The van der Waals surface area contributed by atoms with Gasteiger partial charge in [0.05, 0.1) is 30.3 Å². The van der Waals surface area contributed by atoms with Crippen LogP contribution in [0.15, 0.2) is 54.7 Å². The molecule has 3 aromatic rings. The molecule has 2 aliphatic rings. The molecule has 29 heavy (non-hydrogen) atoms. The SMILES string of the molecule is Cc1cc(CC2CCCC(CN3CN(c4ccccc4)c4ncccc43)O2)n[nH]1. The minimum atomic E-state index is 0.234. The third kappa shape index (κ3) is 3.85. The van der Waals surface area contributed by atoms with Crippen LogP contribution in [0.5, 0.6) is 0 Å². The van der Waals surface area contributed by atoms with Crippen LogP contribution in [0.1, 0.15) is 30.7 Å². The highest BCUT2D eigenvalue weighted by Crippen LogP contribution is 2.39. The van der Waals surface area contributed by atoms with Crippen LogP contribution in [0.3, 0.4) is 0 Å². The molecule has 1 fully saturated rings. The molecular formula is C23H27N5O. The highest BCUT2D eigenvalue weighted by atomic mass is 16.5. The molecule has 2 atom stereocenters. The van der Waals surface area contributed by atoms with Crippen LogP contribution >= 0.6 is 0 Å². The van der Waals surface area contributed by atoms with Gasteiger partial charge in [0.15, 0.2) is 5.82 Å². The van der Waals surface area contributed by atoms with Crippen LogP contribution < -0.4 is 9.80 Å². The molecule has 0 spiro atoms. The Kier molecular flexibility index (Phi) is 4.94. The lowest BCUT2D eigenvalue weighted by atomic mass is 10.0. The molecule has 0 aliphatic carbocycles. The predicted octanol–water partition coefficient (Wildman–Crippen LogP) is 4.21. The van der Waals surface area contributed by atoms with Crippen molar-refractivity contribution >= 4 is 17.2 Å². The average Bonchev–Trinajstić information content (AvgIpc) is 3.33. The lowest BCUT2D eigenvalue weighted by molar-refractivity contribution is -0.0444. The molecule has 4 heterocycles. The standard InChI is InChI=1S/C23H27N5O/c1-17-13-18(26-25-17)14-20-9-5-10-21(29-20)15-27-16-28(19-7-3-2-4-8-19)23-22(27)11-6-12-24-23/h2-4,6-8,11-13,20-21H,5,9-10,14-16H2,1H3,(H,25,26). The van der Waals surface area contributed by atoms with E-state index >= 15 is 0 Å². The largest absolute Gasteiger partial charge is 0.373 e. The van der Waals surface area contributed by atoms with E-state index in [1.165, 1.54) is 17.8 Å². The van der Waals surface area contributed by atoms with E-state index in [2.05, 4.69) is 61.4 Å². The second-order valence-electron chi connectivity index (χ2n) is 8.03. The summed E-state index contributed by atoms with van der Waals surface area (Å²) in [5, 5.41) is 7.41. The van der Waals surface area contributed by atoms with Crippen LogP contribution in [0.2, 0.25) is 0 Å². The van der Waals surface area contributed by atoms with Gasteiger partial charge < -0.3 is 14.5 Å². The van der Waals surface area contributed by atoms with Crippen LogP contribution in [-0.2, 0) is 11.2 Å². The molecule has 2 unspecified atom stereocenters. The Bertz CT molecular complexity index is 957. The van der Waals surface area contributed by atoms with E-state index in [0.29, 0.717) is 0 Å². The fourth-order valence-electron chi connectivity index (χ4n) is 4.45. The number of aryl methyl sites for hydroxylation is 1. The maximum absolute atomic E-state index is 6.48. The van der Waals surface area contributed by atoms with Crippen LogP contribution in [-0.4, -0.2) is 40.6 Å². The van der Waals surface area contributed by atoms with Gasteiger partial charge in [0.2, 0.25) is 0 Å². The summed E-state index contributed by atoms with van der Waals surface area (Å²) in [6.07, 6.45) is 6.65. The number of aromatic nitrogens is 3. The summed E-state index contributed by atoms with van der Waals surface area (Å²) in [6, 6.07) is 16.8. The number of benzene rings is 1. The number of rotatable bonds is 5. The molecule has 0 saturated carbocycles. The number of fused-ring (bicyclic) bond motifs is 1. The fourth-order valence-corrected chi connectivity index (χ4v) is 4.45. The zero-order valence-electron chi connectivity index (χ0n) is 16.8. The van der Waals surface area contributed by atoms with E-state index in [1.54, 1.807) is 0 Å². The Morgan fingerprint density at radius 2 is 1.97 bits per heavy atom. The minimum Gasteiger partial charge on any atom is -0.373 e. The molecule has 150 valence electrons. The number of pyridine rings is 1. The van der Waals surface area contributed by atoms with Gasteiger partial charge >= 0.3 is 0 Å². The Hall–Kier alpha value is -2.86. The molecule has 2 aliphatic heterocycles. The monoisotopic (exact) mass is 389 g/mol. The predicted molar refractivity (Wildman–Crippen MR) is 115 cm³/mol. The van der Waals surface area contributed by atoms with Crippen LogP contribution in [0.25, 0.3) is 0 Å². The molecule has 0 amide bonds. The van der Waals surface area contributed by atoms with Gasteiger partial charge in [-0.05, 0) is 56.5 Å². The molecule has 2 aromatic heterocycles. The van der Waals surface area contributed by atoms with Gasteiger partial charge in [-0.3, -0.25) is 5.10 Å². The summed E-state index contributed by atoms with van der Waals surface area (Å²) in [6.45, 7) is 3.73. The van der Waals surface area contributed by atoms with Crippen LogP contribution in [0.4, 0.5) is 17.2 Å². The van der Waals surface area contributed by atoms with Crippen molar-refractivity contribution in [1.29, 1.82) is 0 Å². The number of nitrogens with zero attached hydrogens (tertiary/aromatic N) is 4. The molecule has 1 saturated heterocycles. The maximum atomic E-state index is 6.48. The topological polar surface area (TPSA) is 57.3 Å². The van der Waals surface area contributed by atoms with Crippen molar-refractivity contribution in [2.45, 2.75) is 44.8 Å². The van der Waals surface area contributed by atoms with Gasteiger partial charge in [-0.15, -0.1) is 0 Å². The van der Waals surface area contributed by atoms with Gasteiger partial charge in [0.25, 0.3) is 0 Å². The molecule has 6 heteroatoms. The van der Waals surface area contributed by atoms with E-state index < -0.39 is 0 Å². The van der Waals surface area contributed by atoms with E-state index in [-0.39, 0.29) is 12.2 Å². The van der Waals surface area contributed by atoms with Gasteiger partial charge in [-0.2, -0.15) is 5.10 Å². The molecule has 6 nitrogen and oxygen atoms in total. The Balaban J connectivity index is 1.29. The van der Waals surface area contributed by atoms with Gasteiger partial charge in [0, 0.05) is 30.5 Å². The van der Waals surface area contributed by atoms with Gasteiger partial charge in [-0.25, -0.2) is 4.98 Å². The van der Waals surface area contributed by atoms with E-state index in [9.17, 15) is 0 Å². The summed E-state index contributed by atoms with van der Waals surface area (Å²) in [7, 11) is 0. The summed E-state index contributed by atoms with van der Waals surface area (Å²) < 4.78 is 6.48. The van der Waals surface area contributed by atoms with E-state index in [1.807, 2.05) is 25.3 Å². The highest BCUT2D eigenvalue weighted by molar-refractivity contribution is 5.78. The highest BCUT2D eigenvalue weighted by Gasteiger charge is 2.31. The number of aromatic amines is 1. The summed E-state index contributed by atoms with van der Waals surface area (Å²) in [4.78, 5) is 9.35. The average molecular weight is 390 g/mol. The molecule has 5 rings (SSSR count). The molecule has 1 N–H and O–H groups in total. The summed E-state index contributed by atoms with van der Waals surface area (Å²) in [5.41, 5.74) is 4.56. The Morgan fingerprint density at radius 3 is 2.79 bits per heavy atom. The molecule has 0 bridgehead atoms. The van der Waals surface area contributed by atoms with Gasteiger partial charge in [0.1, 0.15) is 0 Å². The van der Waals surface area contributed by atoms with Crippen molar-refractivity contribution in [2.24, 2.45) is 0 Å². The lowest BCUT2D eigenvalue weighted by Crippen LogP contribution is -2.40. The number of hydrogen-bond donors (Lipinski definition) is 1. The third-order valence-electron chi connectivity index (χ3n) is 5.80. The minimum absolute atomic E-state index is 0.234. The zero-order chi connectivity index (χ0) is 19.6. The van der Waals surface area contributed by atoms with Crippen molar-refractivity contribution in [3.05, 3.63) is 66.1 Å². The molecule has 0 radical (unpaired) electrons. The lowest BCUT2D eigenvalue weighted by Gasteiger charge is -2.33. The Morgan fingerprint density at radius 1 is 1.10 bits per heavy atom. The molecular weight excluding hydrogens is 362 g/mol. The van der Waals surface area contributed by atoms with E-state index in [0.717, 1.165) is 49.7 Å². The van der Waals surface area contributed by atoms with Crippen molar-refractivity contribution in [2.75, 3.05) is 23.0 Å². The first-order valence-electron chi connectivity index (χ1n) is 10.4. The molecule has 1 aromatic carbocycles. The van der Waals surface area contributed by atoms with Crippen molar-refractivity contribution in [1.82, 2.24) is 15.2 Å². The third-order valence-corrected chi connectivity index (χ3v) is 5.80. The first kappa shape index (κ1) is 18.2. The Labute approximate surface area is 171 Å². The van der Waals surface area contributed by atoms with E-state index in [4.69, 9.17) is 4.74 Å². The van der Waals surface area contributed by atoms with Crippen molar-refractivity contribution in [3.63, 3.8) is 0 Å². The quantitative estimate of drug-likeness (QED) is 0.708. The normalized spacial score (nSPS) is 21.4. The van der Waals surface area contributed by atoms with Crippen molar-refractivity contribution in [3.8, 4) is 0 Å². The zero-order valence-corrected chi connectivity index (χ0v) is 16.8. The number of hydrogen-bond acceptors (Lipinski definition) is 5. The first-order valence-corrected chi connectivity index (χ1v) is 10.4. The summed E-state index contributed by atoms with van der Waals surface area (Å²) >= 11 is 0. The van der Waals surface area contributed by atoms with Gasteiger partial charge in [-0.1, -0.05) is 18.2 Å². The second-order valence-corrected chi connectivity index (χ2v) is 8.03. The van der Waals surface area contributed by atoms with Crippen LogP contribution in [0, 0.1) is 6.92 Å². The fraction of sp³-hybridized carbons (Fsp3) is 0.391. The van der Waals surface area contributed by atoms with Crippen molar-refractivity contribution < 1.29 is 4.74 Å². The number of ether oxygens (including phenoxy) is 1.